The minimum atomic E-state index is -0.760. The molecule has 1 aromatic carbocycles. The van der Waals surface area contributed by atoms with Crippen molar-refractivity contribution < 1.29 is 19.1 Å². The summed E-state index contributed by atoms with van der Waals surface area (Å²) < 4.78 is 10.2. The normalized spacial score (nSPS) is 10.2. The van der Waals surface area contributed by atoms with Crippen molar-refractivity contribution in [2.45, 2.75) is 0 Å². The van der Waals surface area contributed by atoms with E-state index in [0.29, 0.717) is 17.1 Å². The van der Waals surface area contributed by atoms with Gasteiger partial charge in [-0.15, -0.1) is 0 Å². The molecule has 0 saturated carbocycles. The molecular weight excluding hydrogens is 252 g/mol. The van der Waals surface area contributed by atoms with E-state index in [2.05, 4.69) is 10.5 Å². The van der Waals surface area contributed by atoms with Gasteiger partial charge in [-0.25, -0.2) is 10.2 Å². The van der Waals surface area contributed by atoms with E-state index in [1.54, 1.807) is 18.2 Å². The second kappa shape index (κ2) is 6.84. The zero-order chi connectivity index (χ0) is 14.3. The number of amides is 3. The van der Waals surface area contributed by atoms with Crippen LogP contribution in [0.1, 0.15) is 5.56 Å². The summed E-state index contributed by atoms with van der Waals surface area (Å²) in [5.41, 5.74) is 12.5. The van der Waals surface area contributed by atoms with E-state index in [9.17, 15) is 9.59 Å². The summed E-state index contributed by atoms with van der Waals surface area (Å²) in [6.07, 6.45) is 1.38. The lowest BCUT2D eigenvalue weighted by Crippen LogP contribution is -2.24. The van der Waals surface area contributed by atoms with Gasteiger partial charge in [0.05, 0.1) is 13.3 Å². The highest BCUT2D eigenvalue weighted by molar-refractivity contribution is 5.82. The second-order valence-electron chi connectivity index (χ2n) is 3.40. The van der Waals surface area contributed by atoms with Gasteiger partial charge in [-0.05, 0) is 23.8 Å². The van der Waals surface area contributed by atoms with E-state index in [4.69, 9.17) is 20.9 Å². The van der Waals surface area contributed by atoms with E-state index >= 15 is 0 Å². The molecule has 3 amide bonds. The van der Waals surface area contributed by atoms with Crippen molar-refractivity contribution in [1.29, 1.82) is 0 Å². The molecule has 8 heteroatoms. The predicted octanol–water partition coefficient (Wildman–Crippen LogP) is -0.438. The number of urea groups is 1. The molecule has 0 aliphatic carbocycles. The smallest absolute Gasteiger partial charge is 0.332 e. The van der Waals surface area contributed by atoms with Gasteiger partial charge in [-0.1, -0.05) is 0 Å². The molecule has 0 bridgehead atoms. The van der Waals surface area contributed by atoms with Crippen LogP contribution in [0.2, 0.25) is 0 Å². The van der Waals surface area contributed by atoms with Gasteiger partial charge in [0, 0.05) is 0 Å². The number of methoxy groups -OCH3 is 1. The topological polar surface area (TPSA) is 129 Å². The Kier molecular flexibility index (Phi) is 5.15. The molecule has 0 atom stereocenters. The fourth-order valence-electron chi connectivity index (χ4n) is 1.20. The Morgan fingerprint density at radius 2 is 2.11 bits per heavy atom. The Morgan fingerprint density at radius 1 is 1.37 bits per heavy atom. The van der Waals surface area contributed by atoms with Crippen LogP contribution in [0.15, 0.2) is 23.3 Å². The molecular formula is C11H14N4O4. The van der Waals surface area contributed by atoms with Crippen molar-refractivity contribution in [2.75, 3.05) is 13.7 Å². The van der Waals surface area contributed by atoms with E-state index in [1.807, 2.05) is 0 Å². The van der Waals surface area contributed by atoms with Gasteiger partial charge in [0.2, 0.25) is 0 Å². The van der Waals surface area contributed by atoms with Gasteiger partial charge in [-0.2, -0.15) is 5.10 Å². The molecule has 0 aliphatic rings. The summed E-state index contributed by atoms with van der Waals surface area (Å²) in [6.45, 7) is -0.243. The molecule has 1 rings (SSSR count). The van der Waals surface area contributed by atoms with Crippen molar-refractivity contribution in [2.24, 2.45) is 16.6 Å². The van der Waals surface area contributed by atoms with Crippen molar-refractivity contribution in [3.63, 3.8) is 0 Å². The zero-order valence-corrected chi connectivity index (χ0v) is 10.3. The molecule has 0 saturated heterocycles. The summed E-state index contributed by atoms with van der Waals surface area (Å²) in [4.78, 5) is 21.1. The van der Waals surface area contributed by atoms with E-state index < -0.39 is 11.9 Å². The molecule has 0 fully saturated rings. The van der Waals surface area contributed by atoms with Gasteiger partial charge in [0.1, 0.15) is 0 Å². The Balaban J connectivity index is 2.80. The molecule has 0 spiro atoms. The molecule has 0 aromatic heterocycles. The van der Waals surface area contributed by atoms with Crippen LogP contribution in [-0.2, 0) is 4.79 Å². The number of hydrazone groups is 1. The number of carbonyl (C=O) groups is 2. The maximum absolute atomic E-state index is 10.6. The maximum Gasteiger partial charge on any atom is 0.332 e. The van der Waals surface area contributed by atoms with Crippen LogP contribution in [0.5, 0.6) is 11.5 Å². The first-order valence-corrected chi connectivity index (χ1v) is 5.20. The van der Waals surface area contributed by atoms with Crippen LogP contribution >= 0.6 is 0 Å². The van der Waals surface area contributed by atoms with Crippen LogP contribution in [-0.4, -0.2) is 31.9 Å². The van der Waals surface area contributed by atoms with E-state index in [-0.39, 0.29) is 6.61 Å². The average Bonchev–Trinajstić information content (AvgIpc) is 2.36. The Morgan fingerprint density at radius 3 is 2.68 bits per heavy atom. The molecule has 0 heterocycles. The lowest BCUT2D eigenvalue weighted by molar-refractivity contribution is -0.119. The largest absolute Gasteiger partial charge is 0.493 e. The summed E-state index contributed by atoms with van der Waals surface area (Å²) >= 11 is 0. The fraction of sp³-hybridized carbons (Fsp3) is 0.182. The second-order valence-corrected chi connectivity index (χ2v) is 3.40. The first-order chi connectivity index (χ1) is 9.02. The third-order valence-corrected chi connectivity index (χ3v) is 1.95. The van der Waals surface area contributed by atoms with E-state index in [0.717, 1.165) is 0 Å². The highest BCUT2D eigenvalue weighted by Crippen LogP contribution is 2.27. The highest BCUT2D eigenvalue weighted by Gasteiger charge is 2.06. The van der Waals surface area contributed by atoms with Crippen LogP contribution in [0.3, 0.4) is 0 Å². The quantitative estimate of drug-likeness (QED) is 0.476. The van der Waals surface area contributed by atoms with Crippen LogP contribution in [0.4, 0.5) is 4.79 Å². The predicted molar refractivity (Wildman–Crippen MR) is 68.0 cm³/mol. The minimum Gasteiger partial charge on any atom is -0.493 e. The molecule has 0 unspecified atom stereocenters. The number of carbonyl (C=O) groups excluding carboxylic acids is 2. The minimum absolute atomic E-state index is 0.243. The molecule has 102 valence electrons. The number of primary amides is 2. The molecule has 19 heavy (non-hydrogen) atoms. The number of hydrogen-bond donors (Lipinski definition) is 3. The molecule has 0 radical (unpaired) electrons. The molecule has 5 N–H and O–H groups in total. The monoisotopic (exact) mass is 266 g/mol. The van der Waals surface area contributed by atoms with E-state index in [1.165, 1.54) is 13.3 Å². The summed E-state index contributed by atoms with van der Waals surface area (Å²) in [5, 5.41) is 3.60. The highest BCUT2D eigenvalue weighted by atomic mass is 16.5. The van der Waals surface area contributed by atoms with Gasteiger partial charge in [-0.3, -0.25) is 4.79 Å². The number of nitrogens with one attached hydrogen (secondary N) is 1. The fourth-order valence-corrected chi connectivity index (χ4v) is 1.20. The molecule has 0 aliphatic heterocycles. The van der Waals surface area contributed by atoms with Crippen LogP contribution in [0, 0.1) is 0 Å². The van der Waals surface area contributed by atoms with Crippen LogP contribution < -0.4 is 26.4 Å². The molecule has 8 nitrogen and oxygen atoms in total. The SMILES string of the molecule is COc1cc(/C=N/NC(N)=O)ccc1OCC(N)=O. The van der Waals surface area contributed by atoms with Crippen molar-refractivity contribution >= 4 is 18.2 Å². The van der Waals surface area contributed by atoms with Crippen molar-refractivity contribution in [3.8, 4) is 11.5 Å². The van der Waals surface area contributed by atoms with Crippen molar-refractivity contribution in [1.82, 2.24) is 5.43 Å². The summed E-state index contributed by atoms with van der Waals surface area (Å²) in [6, 6.07) is 4.10. The summed E-state index contributed by atoms with van der Waals surface area (Å²) in [5.74, 6) is 0.198. The van der Waals surface area contributed by atoms with Crippen LogP contribution in [0.25, 0.3) is 0 Å². The van der Waals surface area contributed by atoms with Gasteiger partial charge < -0.3 is 20.9 Å². The average molecular weight is 266 g/mol. The summed E-state index contributed by atoms with van der Waals surface area (Å²) in [7, 11) is 1.45. The number of hydrogen-bond acceptors (Lipinski definition) is 5. The number of nitrogens with two attached hydrogens (primary N) is 2. The lowest BCUT2D eigenvalue weighted by Gasteiger charge is -2.09. The van der Waals surface area contributed by atoms with Crippen molar-refractivity contribution in [3.05, 3.63) is 23.8 Å². The number of ether oxygens (including phenoxy) is 2. The maximum atomic E-state index is 10.6. The Labute approximate surface area is 109 Å². The third-order valence-electron chi connectivity index (χ3n) is 1.95. The standard InChI is InChI=1S/C11H14N4O4/c1-18-9-4-7(5-14-15-11(13)17)2-3-8(9)19-6-10(12)16/h2-5H,6H2,1H3,(H2,12,16)(H3,13,15,17)/b14-5+. The number of benzene rings is 1. The van der Waals surface area contributed by atoms with Gasteiger partial charge >= 0.3 is 6.03 Å². The zero-order valence-electron chi connectivity index (χ0n) is 10.3. The first kappa shape index (κ1) is 14.3. The Bertz CT molecular complexity index is 501. The number of rotatable bonds is 6. The lowest BCUT2D eigenvalue weighted by atomic mass is 10.2. The Hall–Kier alpha value is -2.77. The number of nitrogens with zero attached hydrogens (tertiary/aromatic N) is 1. The first-order valence-electron chi connectivity index (χ1n) is 5.20. The van der Waals surface area contributed by atoms with Gasteiger partial charge in [0.15, 0.2) is 18.1 Å². The van der Waals surface area contributed by atoms with Gasteiger partial charge in [0.25, 0.3) is 5.91 Å². The molecule has 1 aromatic rings. The third kappa shape index (κ3) is 4.94.